The van der Waals surface area contributed by atoms with Crippen molar-refractivity contribution >= 4 is 22.9 Å². The largest absolute Gasteiger partial charge is 0.480 e. The van der Waals surface area contributed by atoms with Crippen LogP contribution in [0.3, 0.4) is 0 Å². The number of hydrogen-bond acceptors (Lipinski definition) is 3. The van der Waals surface area contributed by atoms with Crippen LogP contribution in [0.15, 0.2) is 23.0 Å². The van der Waals surface area contributed by atoms with Crippen LogP contribution in [0.1, 0.15) is 50.5 Å². The number of nitrogens with one attached hydrogen (secondary N) is 2. The molecule has 3 atom stereocenters. The molecule has 0 bridgehead atoms. The van der Waals surface area contributed by atoms with Gasteiger partial charge in [-0.1, -0.05) is 18.9 Å². The topological polar surface area (TPSA) is 106 Å². The number of benzene rings is 1. The van der Waals surface area contributed by atoms with E-state index in [1.807, 2.05) is 18.2 Å². The molecule has 1 amide bonds. The second-order valence-electron chi connectivity index (χ2n) is 7.82. The van der Waals surface area contributed by atoms with Gasteiger partial charge < -0.3 is 20.0 Å². The van der Waals surface area contributed by atoms with Crippen LogP contribution in [-0.4, -0.2) is 43.9 Å². The van der Waals surface area contributed by atoms with Crippen LogP contribution >= 0.6 is 0 Å². The predicted molar refractivity (Wildman–Crippen MR) is 100 cm³/mol. The highest BCUT2D eigenvalue weighted by Gasteiger charge is 2.47. The number of aryl methyl sites for hydroxylation is 1. The molecule has 3 N–H and O–H groups in total. The highest BCUT2D eigenvalue weighted by molar-refractivity contribution is 5.84. The Kier molecular flexibility index (Phi) is 4.76. The first-order valence-electron chi connectivity index (χ1n) is 9.78. The van der Waals surface area contributed by atoms with Crippen molar-refractivity contribution in [3.63, 3.8) is 0 Å². The number of carbonyl (C=O) groups is 2. The molecule has 1 saturated carbocycles. The fourth-order valence-electron chi connectivity index (χ4n) is 4.85. The molecule has 0 radical (unpaired) electrons. The molecule has 1 aromatic heterocycles. The van der Waals surface area contributed by atoms with E-state index < -0.39 is 12.0 Å². The first kappa shape index (κ1) is 17.8. The van der Waals surface area contributed by atoms with Gasteiger partial charge >= 0.3 is 11.7 Å². The Hall–Kier alpha value is -2.57. The number of carboxylic acid groups (broad SMARTS) is 1. The van der Waals surface area contributed by atoms with Gasteiger partial charge in [0.15, 0.2) is 0 Å². The summed E-state index contributed by atoms with van der Waals surface area (Å²) < 4.78 is 0. The molecule has 1 aliphatic heterocycles. The van der Waals surface area contributed by atoms with Crippen molar-refractivity contribution < 1.29 is 14.7 Å². The normalized spacial score (nSPS) is 24.9. The minimum atomic E-state index is -0.875. The Labute approximate surface area is 156 Å². The second kappa shape index (κ2) is 7.21. The molecule has 3 unspecified atom stereocenters. The lowest BCUT2D eigenvalue weighted by atomic mass is 9.84. The molecule has 2 aliphatic rings. The SMILES string of the molecule is O=C(O)C1CC2CCCCC2N1C(=O)CCCc1ccc2[nH]c(=O)[nH]c2c1. The van der Waals surface area contributed by atoms with Crippen molar-refractivity contribution in [1.82, 2.24) is 14.9 Å². The fraction of sp³-hybridized carbons (Fsp3) is 0.550. The Morgan fingerprint density at radius 3 is 2.74 bits per heavy atom. The summed E-state index contributed by atoms with van der Waals surface area (Å²) in [5.74, 6) is -0.566. The van der Waals surface area contributed by atoms with E-state index in [0.717, 1.165) is 42.3 Å². The van der Waals surface area contributed by atoms with Crippen LogP contribution in [0.5, 0.6) is 0 Å². The lowest BCUT2D eigenvalue weighted by Crippen LogP contribution is -2.46. The van der Waals surface area contributed by atoms with Crippen LogP contribution < -0.4 is 5.69 Å². The molecular weight excluding hydrogens is 346 g/mol. The number of likely N-dealkylation sites (tertiary alicyclic amines) is 1. The number of H-pyrrole nitrogens is 2. The highest BCUT2D eigenvalue weighted by atomic mass is 16.4. The molecule has 4 rings (SSSR count). The minimum Gasteiger partial charge on any atom is -0.480 e. The summed E-state index contributed by atoms with van der Waals surface area (Å²) in [6.07, 6.45) is 6.52. The van der Waals surface area contributed by atoms with Gasteiger partial charge in [0, 0.05) is 12.5 Å². The predicted octanol–water partition coefficient (Wildman–Crippen LogP) is 2.42. The van der Waals surface area contributed by atoms with E-state index in [9.17, 15) is 19.5 Å². The summed E-state index contributed by atoms with van der Waals surface area (Å²) in [5.41, 5.74) is 2.36. The summed E-state index contributed by atoms with van der Waals surface area (Å²) in [6, 6.07) is 5.17. The van der Waals surface area contributed by atoms with Crippen molar-refractivity contribution in [2.45, 2.75) is 63.5 Å². The number of rotatable bonds is 5. The van der Waals surface area contributed by atoms with Crippen molar-refractivity contribution in [2.75, 3.05) is 0 Å². The summed E-state index contributed by atoms with van der Waals surface area (Å²) in [6.45, 7) is 0. The number of carboxylic acids is 1. The number of nitrogens with zero attached hydrogens (tertiary/aromatic N) is 1. The number of aromatic nitrogens is 2. The Morgan fingerprint density at radius 2 is 1.93 bits per heavy atom. The van der Waals surface area contributed by atoms with Gasteiger partial charge in [0.05, 0.1) is 11.0 Å². The fourth-order valence-corrected chi connectivity index (χ4v) is 4.85. The van der Waals surface area contributed by atoms with Gasteiger partial charge in [0.25, 0.3) is 0 Å². The number of amides is 1. The summed E-state index contributed by atoms with van der Waals surface area (Å²) in [4.78, 5) is 43.0. The Balaban J connectivity index is 1.39. The number of hydrogen-bond donors (Lipinski definition) is 3. The third-order valence-corrected chi connectivity index (χ3v) is 6.10. The maximum absolute atomic E-state index is 12.8. The van der Waals surface area contributed by atoms with E-state index >= 15 is 0 Å². The smallest absolute Gasteiger partial charge is 0.326 e. The molecule has 2 fully saturated rings. The van der Waals surface area contributed by atoms with Crippen LogP contribution in [0.2, 0.25) is 0 Å². The zero-order valence-electron chi connectivity index (χ0n) is 15.2. The maximum Gasteiger partial charge on any atom is 0.326 e. The number of aromatic amines is 2. The van der Waals surface area contributed by atoms with Crippen LogP contribution in [-0.2, 0) is 16.0 Å². The summed E-state index contributed by atoms with van der Waals surface area (Å²) in [5, 5.41) is 9.56. The zero-order valence-corrected chi connectivity index (χ0v) is 15.2. The quantitative estimate of drug-likeness (QED) is 0.750. The lowest BCUT2D eigenvalue weighted by Gasteiger charge is -2.33. The molecule has 0 spiro atoms. The molecule has 7 nitrogen and oxygen atoms in total. The molecule has 1 aliphatic carbocycles. The third-order valence-electron chi connectivity index (χ3n) is 6.10. The van der Waals surface area contributed by atoms with Crippen LogP contribution in [0, 0.1) is 5.92 Å². The van der Waals surface area contributed by atoms with Gasteiger partial charge in [-0.25, -0.2) is 9.59 Å². The highest BCUT2D eigenvalue weighted by Crippen LogP contribution is 2.40. The van der Waals surface area contributed by atoms with Gasteiger partial charge in [0.2, 0.25) is 5.91 Å². The molecule has 2 heterocycles. The number of aliphatic carboxylic acids is 1. The molecule has 27 heavy (non-hydrogen) atoms. The Bertz CT molecular complexity index is 915. The maximum atomic E-state index is 12.8. The standard InChI is InChI=1S/C20H25N3O4/c24-18(23-16-6-2-1-5-13(16)11-17(23)19(25)26)7-3-4-12-8-9-14-15(10-12)22-20(27)21-14/h8-10,13,16-17H,1-7,11H2,(H,25,26)(H2,21,22,27). The van der Waals surface area contributed by atoms with Crippen LogP contribution in [0.4, 0.5) is 0 Å². The van der Waals surface area contributed by atoms with Gasteiger partial charge in [0.1, 0.15) is 6.04 Å². The average molecular weight is 371 g/mol. The molecule has 1 aromatic carbocycles. The second-order valence-corrected chi connectivity index (χ2v) is 7.82. The molecule has 7 heteroatoms. The molecule has 2 aromatic rings. The number of carbonyl (C=O) groups excluding carboxylic acids is 1. The van der Waals surface area contributed by atoms with Crippen molar-refractivity contribution in [1.29, 1.82) is 0 Å². The summed E-state index contributed by atoms with van der Waals surface area (Å²) >= 11 is 0. The average Bonchev–Trinajstić information content (AvgIpc) is 3.20. The molecule has 1 saturated heterocycles. The number of fused-ring (bicyclic) bond motifs is 2. The first-order valence-corrected chi connectivity index (χ1v) is 9.78. The van der Waals surface area contributed by atoms with E-state index in [1.54, 1.807) is 4.90 Å². The van der Waals surface area contributed by atoms with E-state index in [4.69, 9.17) is 0 Å². The van der Waals surface area contributed by atoms with Crippen molar-refractivity contribution in [3.8, 4) is 0 Å². The van der Waals surface area contributed by atoms with E-state index in [0.29, 0.717) is 31.6 Å². The van der Waals surface area contributed by atoms with Crippen molar-refractivity contribution in [2.24, 2.45) is 5.92 Å². The zero-order chi connectivity index (χ0) is 19.0. The van der Waals surface area contributed by atoms with E-state index in [2.05, 4.69) is 9.97 Å². The van der Waals surface area contributed by atoms with Gasteiger partial charge in [-0.2, -0.15) is 0 Å². The molecular formula is C20H25N3O4. The van der Waals surface area contributed by atoms with Crippen LogP contribution in [0.25, 0.3) is 11.0 Å². The van der Waals surface area contributed by atoms with E-state index in [-0.39, 0.29) is 17.6 Å². The minimum absolute atomic E-state index is 0.0343. The summed E-state index contributed by atoms with van der Waals surface area (Å²) in [7, 11) is 0. The van der Waals surface area contributed by atoms with Gasteiger partial charge in [-0.05, 0) is 55.7 Å². The Morgan fingerprint density at radius 1 is 1.15 bits per heavy atom. The van der Waals surface area contributed by atoms with Gasteiger partial charge in [-0.3, -0.25) is 4.79 Å². The lowest BCUT2D eigenvalue weighted by molar-refractivity contribution is -0.149. The first-order chi connectivity index (χ1) is 13.0. The molecule has 144 valence electrons. The number of imidazole rings is 1. The van der Waals surface area contributed by atoms with Crippen molar-refractivity contribution in [3.05, 3.63) is 34.2 Å². The monoisotopic (exact) mass is 371 g/mol. The van der Waals surface area contributed by atoms with Gasteiger partial charge in [-0.15, -0.1) is 0 Å². The third kappa shape index (κ3) is 3.50. The van der Waals surface area contributed by atoms with E-state index in [1.165, 1.54) is 0 Å².